The fraction of sp³-hybridized carbons (Fsp3) is 0.625. The molecule has 24 heavy (non-hydrogen) atoms. The summed E-state index contributed by atoms with van der Waals surface area (Å²) in [6, 6.07) is 2.62. The van der Waals surface area contributed by atoms with Gasteiger partial charge in [0.15, 0.2) is 5.69 Å². The van der Waals surface area contributed by atoms with Gasteiger partial charge in [-0.05, 0) is 12.1 Å². The van der Waals surface area contributed by atoms with E-state index in [0.717, 1.165) is 0 Å². The molecule has 0 atom stereocenters. The average Bonchev–Trinajstić information content (AvgIpc) is 2.64. The Morgan fingerprint density at radius 1 is 1.17 bits per heavy atom. The summed E-state index contributed by atoms with van der Waals surface area (Å²) in [5.74, 6) is -0.637. The molecule has 8 heteroatoms. The van der Waals surface area contributed by atoms with Gasteiger partial charge in [0.05, 0.1) is 5.69 Å². The maximum Gasteiger partial charge on any atom is 0.435 e. The van der Waals surface area contributed by atoms with E-state index in [-0.39, 0.29) is 11.4 Å². The fourth-order valence-corrected chi connectivity index (χ4v) is 2.08. The number of halogens is 3. The monoisotopic (exact) mass is 348 g/mol. The maximum absolute atomic E-state index is 13.1. The van der Waals surface area contributed by atoms with Crippen molar-refractivity contribution in [3.63, 3.8) is 0 Å². The van der Waals surface area contributed by atoms with Gasteiger partial charge in [0.2, 0.25) is 0 Å². The summed E-state index contributed by atoms with van der Waals surface area (Å²) in [6.07, 6.45) is -4.59. The Labute approximate surface area is 141 Å². The van der Waals surface area contributed by atoms with Crippen molar-refractivity contribution in [3.05, 3.63) is 23.5 Å². The molecule has 2 heterocycles. The van der Waals surface area contributed by atoms with E-state index in [9.17, 15) is 18.0 Å². The van der Waals surface area contributed by atoms with Gasteiger partial charge in [-0.15, -0.1) is 0 Å². The van der Waals surface area contributed by atoms with Crippen LogP contribution in [0.1, 0.15) is 43.9 Å². The molecule has 2 rings (SSSR count). The SMILES string of the molecule is CC.CC.CNC(=O)c1ccc(N2CCNCC2)c(C(F)(F)F)n1. The molecule has 5 nitrogen and oxygen atoms in total. The van der Waals surface area contributed by atoms with Crippen molar-refractivity contribution in [3.8, 4) is 0 Å². The third kappa shape index (κ3) is 5.99. The number of carbonyl (C=O) groups is 1. The van der Waals surface area contributed by atoms with Crippen molar-refractivity contribution in [2.75, 3.05) is 38.1 Å². The molecule has 0 spiro atoms. The minimum atomic E-state index is -4.59. The van der Waals surface area contributed by atoms with Gasteiger partial charge in [0.1, 0.15) is 5.69 Å². The highest BCUT2D eigenvalue weighted by molar-refractivity contribution is 5.92. The second kappa shape index (κ2) is 10.9. The van der Waals surface area contributed by atoms with E-state index in [0.29, 0.717) is 26.2 Å². The number of piperazine rings is 1. The lowest BCUT2D eigenvalue weighted by atomic mass is 10.2. The zero-order valence-corrected chi connectivity index (χ0v) is 14.9. The number of rotatable bonds is 2. The van der Waals surface area contributed by atoms with Gasteiger partial charge in [0.25, 0.3) is 5.91 Å². The number of anilines is 1. The fourth-order valence-electron chi connectivity index (χ4n) is 2.08. The molecular formula is C16H27F3N4O. The molecule has 0 bridgehead atoms. The summed E-state index contributed by atoms with van der Waals surface area (Å²) >= 11 is 0. The topological polar surface area (TPSA) is 57.3 Å². The Kier molecular flexibility index (Phi) is 10.0. The van der Waals surface area contributed by atoms with Gasteiger partial charge in [-0.25, -0.2) is 4.98 Å². The molecule has 1 amide bonds. The van der Waals surface area contributed by atoms with Crippen molar-refractivity contribution < 1.29 is 18.0 Å². The highest BCUT2D eigenvalue weighted by Gasteiger charge is 2.37. The van der Waals surface area contributed by atoms with Crippen LogP contribution in [0.3, 0.4) is 0 Å². The first-order chi connectivity index (χ1) is 11.4. The zero-order chi connectivity index (χ0) is 18.8. The number of nitrogens with zero attached hydrogens (tertiary/aromatic N) is 2. The number of aromatic nitrogens is 1. The lowest BCUT2D eigenvalue weighted by molar-refractivity contribution is -0.140. The number of amides is 1. The largest absolute Gasteiger partial charge is 0.435 e. The molecule has 1 fully saturated rings. The van der Waals surface area contributed by atoms with Crippen LogP contribution in [0.5, 0.6) is 0 Å². The number of alkyl halides is 3. The molecule has 1 aliphatic rings. The summed E-state index contributed by atoms with van der Waals surface area (Å²) < 4.78 is 39.3. The van der Waals surface area contributed by atoms with E-state index in [1.165, 1.54) is 19.2 Å². The van der Waals surface area contributed by atoms with Crippen LogP contribution >= 0.6 is 0 Å². The molecule has 1 aromatic rings. The van der Waals surface area contributed by atoms with E-state index in [1.54, 1.807) is 4.90 Å². The van der Waals surface area contributed by atoms with Crippen LogP contribution in [0.25, 0.3) is 0 Å². The van der Waals surface area contributed by atoms with Crippen molar-refractivity contribution in [1.29, 1.82) is 0 Å². The smallest absolute Gasteiger partial charge is 0.367 e. The zero-order valence-electron chi connectivity index (χ0n) is 14.9. The number of hydrogen-bond donors (Lipinski definition) is 2. The molecule has 1 aliphatic heterocycles. The number of hydrogen-bond acceptors (Lipinski definition) is 4. The molecule has 0 radical (unpaired) electrons. The van der Waals surface area contributed by atoms with Gasteiger partial charge in [0, 0.05) is 33.2 Å². The Bertz CT molecular complexity index is 501. The summed E-state index contributed by atoms with van der Waals surface area (Å²) in [7, 11) is 1.35. The van der Waals surface area contributed by atoms with Gasteiger partial charge in [-0.1, -0.05) is 27.7 Å². The first kappa shape index (κ1) is 22.2. The van der Waals surface area contributed by atoms with Crippen molar-refractivity contribution >= 4 is 11.6 Å². The molecule has 0 aromatic carbocycles. The molecule has 138 valence electrons. The summed E-state index contributed by atoms with van der Waals surface area (Å²) in [4.78, 5) is 16.5. The molecule has 0 unspecified atom stereocenters. The quantitative estimate of drug-likeness (QED) is 0.863. The highest BCUT2D eigenvalue weighted by atomic mass is 19.4. The minimum Gasteiger partial charge on any atom is -0.367 e. The van der Waals surface area contributed by atoms with Gasteiger partial charge in [-0.2, -0.15) is 13.2 Å². The van der Waals surface area contributed by atoms with Crippen LogP contribution in [0.15, 0.2) is 12.1 Å². The van der Waals surface area contributed by atoms with Crippen LogP contribution in [0.4, 0.5) is 18.9 Å². The van der Waals surface area contributed by atoms with Crippen LogP contribution in [0.2, 0.25) is 0 Å². The van der Waals surface area contributed by atoms with Gasteiger partial charge < -0.3 is 15.5 Å². The second-order valence-corrected chi connectivity index (χ2v) is 4.38. The van der Waals surface area contributed by atoms with Crippen molar-refractivity contribution in [2.45, 2.75) is 33.9 Å². The van der Waals surface area contributed by atoms with E-state index < -0.39 is 17.8 Å². The molecule has 0 saturated carbocycles. The molecule has 0 aliphatic carbocycles. The van der Waals surface area contributed by atoms with Gasteiger partial charge in [-0.3, -0.25) is 4.79 Å². The first-order valence-corrected chi connectivity index (χ1v) is 8.19. The Hall–Kier alpha value is -1.83. The summed E-state index contributed by atoms with van der Waals surface area (Å²) in [5, 5.41) is 5.34. The first-order valence-electron chi connectivity index (χ1n) is 8.19. The Balaban J connectivity index is 0.00000123. The lowest BCUT2D eigenvalue weighted by Crippen LogP contribution is -2.44. The van der Waals surface area contributed by atoms with E-state index >= 15 is 0 Å². The molecule has 2 N–H and O–H groups in total. The predicted molar refractivity (Wildman–Crippen MR) is 90.4 cm³/mol. The van der Waals surface area contributed by atoms with Crippen LogP contribution in [-0.2, 0) is 6.18 Å². The Morgan fingerprint density at radius 2 is 1.71 bits per heavy atom. The van der Waals surface area contributed by atoms with Crippen molar-refractivity contribution in [1.82, 2.24) is 15.6 Å². The number of pyridine rings is 1. The average molecular weight is 348 g/mol. The summed E-state index contributed by atoms with van der Waals surface area (Å²) in [6.45, 7) is 10.2. The van der Waals surface area contributed by atoms with E-state index in [4.69, 9.17) is 0 Å². The highest BCUT2D eigenvalue weighted by Crippen LogP contribution is 2.35. The van der Waals surface area contributed by atoms with Crippen LogP contribution in [-0.4, -0.2) is 44.1 Å². The van der Waals surface area contributed by atoms with Crippen molar-refractivity contribution in [2.24, 2.45) is 0 Å². The predicted octanol–water partition coefficient (Wildman–Crippen LogP) is 2.92. The third-order valence-electron chi connectivity index (χ3n) is 3.06. The molecule has 1 saturated heterocycles. The number of carbonyl (C=O) groups excluding carboxylic acids is 1. The van der Waals surface area contributed by atoms with E-state index in [1.807, 2.05) is 27.7 Å². The molecular weight excluding hydrogens is 321 g/mol. The third-order valence-corrected chi connectivity index (χ3v) is 3.06. The summed E-state index contributed by atoms with van der Waals surface area (Å²) in [5.41, 5.74) is -1.23. The van der Waals surface area contributed by atoms with Crippen LogP contribution < -0.4 is 15.5 Å². The standard InChI is InChI=1S/C12H15F3N4O.2C2H6/c1-16-11(20)8-2-3-9(10(18-8)12(13,14)15)19-6-4-17-5-7-19;2*1-2/h2-3,17H,4-7H2,1H3,(H,16,20);2*1-2H3. The maximum atomic E-state index is 13.1. The second-order valence-electron chi connectivity index (χ2n) is 4.38. The molecule has 1 aromatic heterocycles. The van der Waals surface area contributed by atoms with Gasteiger partial charge >= 0.3 is 6.18 Å². The normalized spacial score (nSPS) is 13.9. The lowest BCUT2D eigenvalue weighted by Gasteiger charge is -2.31. The Morgan fingerprint density at radius 3 is 2.17 bits per heavy atom. The minimum absolute atomic E-state index is 0.0200. The number of nitrogens with one attached hydrogen (secondary N) is 2. The van der Waals surface area contributed by atoms with Crippen LogP contribution in [0, 0.1) is 0 Å². The van der Waals surface area contributed by atoms with E-state index in [2.05, 4.69) is 15.6 Å².